The van der Waals surface area contributed by atoms with Gasteiger partial charge in [-0.05, 0) is 35.2 Å². The number of carbonyl (C=O) groups excluding carboxylic acids is 2. The van der Waals surface area contributed by atoms with E-state index in [1.54, 1.807) is 4.90 Å². The van der Waals surface area contributed by atoms with Crippen LogP contribution in [-0.4, -0.2) is 29.8 Å². The molecule has 170 valence electrons. The molecule has 1 heterocycles. The summed E-state index contributed by atoms with van der Waals surface area (Å²) in [4.78, 5) is 27.7. The normalized spacial score (nSPS) is 15.5. The third-order valence-electron chi connectivity index (χ3n) is 6.05. The Kier molecular flexibility index (Phi) is 6.22. The molecule has 1 aliphatic rings. The third-order valence-corrected chi connectivity index (χ3v) is 6.05. The summed E-state index contributed by atoms with van der Waals surface area (Å²) >= 11 is 0. The molecule has 1 aliphatic heterocycles. The molecule has 0 radical (unpaired) electrons. The van der Waals surface area contributed by atoms with Gasteiger partial charge in [0.25, 0.3) is 0 Å². The quantitative estimate of drug-likeness (QED) is 0.597. The maximum absolute atomic E-state index is 13.6. The zero-order valence-corrected chi connectivity index (χ0v) is 17.8. The number of hydrogen-bond donors (Lipinski definition) is 1. The van der Waals surface area contributed by atoms with Gasteiger partial charge >= 0.3 is 6.18 Å². The molecular formula is C26H23F3N2O2. The summed E-state index contributed by atoms with van der Waals surface area (Å²) in [7, 11) is 0. The highest BCUT2D eigenvalue weighted by Gasteiger charge is 2.49. The second kappa shape index (κ2) is 9.10. The van der Waals surface area contributed by atoms with E-state index in [0.29, 0.717) is 18.5 Å². The van der Waals surface area contributed by atoms with Gasteiger partial charge in [-0.25, -0.2) is 0 Å². The van der Waals surface area contributed by atoms with Gasteiger partial charge < -0.3 is 10.2 Å². The highest BCUT2D eigenvalue weighted by atomic mass is 19.4. The van der Waals surface area contributed by atoms with E-state index < -0.39 is 17.2 Å². The smallest absolute Gasteiger partial charge is 0.350 e. The van der Waals surface area contributed by atoms with Crippen LogP contribution < -0.4 is 5.32 Å². The van der Waals surface area contributed by atoms with Gasteiger partial charge in [0, 0.05) is 13.1 Å². The Morgan fingerprint density at radius 2 is 1.42 bits per heavy atom. The predicted octanol–water partition coefficient (Wildman–Crippen LogP) is 4.54. The maximum atomic E-state index is 13.6. The Bertz CT molecular complexity index is 1070. The zero-order chi connectivity index (χ0) is 23.5. The van der Waals surface area contributed by atoms with Crippen LogP contribution in [0, 0.1) is 0 Å². The molecule has 0 aromatic heterocycles. The Labute approximate surface area is 190 Å². The first kappa shape index (κ1) is 22.6. The molecule has 0 unspecified atom stereocenters. The first-order valence-corrected chi connectivity index (χ1v) is 10.6. The average molecular weight is 452 g/mol. The summed E-state index contributed by atoms with van der Waals surface area (Å²) in [5, 5.41) is 2.70. The number of alkyl halides is 3. The first-order valence-electron chi connectivity index (χ1n) is 10.6. The molecule has 4 rings (SSSR count). The molecule has 0 atom stereocenters. The van der Waals surface area contributed by atoms with Crippen molar-refractivity contribution < 1.29 is 22.8 Å². The van der Waals surface area contributed by atoms with Crippen molar-refractivity contribution in [3.05, 3.63) is 107 Å². The number of likely N-dealkylation sites (tertiary alicyclic amines) is 1. The molecule has 4 nitrogen and oxygen atoms in total. The highest BCUT2D eigenvalue weighted by Crippen LogP contribution is 2.41. The molecule has 0 saturated carbocycles. The van der Waals surface area contributed by atoms with E-state index in [2.05, 4.69) is 5.32 Å². The topological polar surface area (TPSA) is 49.4 Å². The summed E-state index contributed by atoms with van der Waals surface area (Å²) in [6.07, 6.45) is -3.85. The van der Waals surface area contributed by atoms with Crippen LogP contribution in [0.4, 0.5) is 13.2 Å². The van der Waals surface area contributed by atoms with Crippen LogP contribution in [0.15, 0.2) is 84.9 Å². The summed E-state index contributed by atoms with van der Waals surface area (Å²) < 4.78 is 38.1. The van der Waals surface area contributed by atoms with Crippen molar-refractivity contribution in [1.29, 1.82) is 0 Å². The van der Waals surface area contributed by atoms with Crippen molar-refractivity contribution >= 4 is 11.8 Å². The molecular weight excluding hydrogens is 429 g/mol. The molecule has 0 bridgehead atoms. The number of carbonyl (C=O) groups is 2. The molecule has 1 saturated heterocycles. The van der Waals surface area contributed by atoms with Gasteiger partial charge in [0.05, 0.1) is 12.1 Å². The van der Waals surface area contributed by atoms with Crippen molar-refractivity contribution in [2.75, 3.05) is 13.1 Å². The minimum Gasteiger partial charge on any atom is -0.350 e. The van der Waals surface area contributed by atoms with E-state index in [0.717, 1.165) is 23.3 Å². The van der Waals surface area contributed by atoms with E-state index in [1.807, 2.05) is 60.7 Å². The van der Waals surface area contributed by atoms with Crippen LogP contribution in [-0.2, 0) is 27.7 Å². The summed E-state index contributed by atoms with van der Waals surface area (Å²) in [6.45, 7) is 0.402. The summed E-state index contributed by atoms with van der Waals surface area (Å²) in [5.41, 5.74) is 0.726. The fourth-order valence-corrected chi connectivity index (χ4v) is 4.32. The SMILES string of the molecule is O=C(CN1CCC(c2ccccc2)(c2ccccc2)C1=O)NCc1ccc(C(F)(F)F)cc1. The number of nitrogens with zero attached hydrogens (tertiary/aromatic N) is 1. The summed E-state index contributed by atoms with van der Waals surface area (Å²) in [6, 6.07) is 23.7. The number of hydrogen-bond acceptors (Lipinski definition) is 2. The minimum atomic E-state index is -4.40. The fraction of sp³-hybridized carbons (Fsp3) is 0.231. The lowest BCUT2D eigenvalue weighted by molar-refractivity contribution is -0.137. The van der Waals surface area contributed by atoms with Gasteiger partial charge in [0.2, 0.25) is 11.8 Å². The predicted molar refractivity (Wildman–Crippen MR) is 118 cm³/mol. The van der Waals surface area contributed by atoms with Crippen molar-refractivity contribution in [3.8, 4) is 0 Å². The van der Waals surface area contributed by atoms with Crippen molar-refractivity contribution in [2.24, 2.45) is 0 Å². The number of benzene rings is 3. The third kappa shape index (κ3) is 4.62. The minimum absolute atomic E-state index is 0.0848. The number of halogens is 3. The van der Waals surface area contributed by atoms with Crippen LogP contribution >= 0.6 is 0 Å². The lowest BCUT2D eigenvalue weighted by atomic mass is 9.73. The van der Waals surface area contributed by atoms with E-state index in [4.69, 9.17) is 0 Å². The van der Waals surface area contributed by atoms with Gasteiger partial charge in [-0.3, -0.25) is 9.59 Å². The number of amides is 2. The largest absolute Gasteiger partial charge is 0.416 e. The standard InChI is InChI=1S/C26H23F3N2O2/c27-26(28,29)22-13-11-19(12-14-22)17-30-23(32)18-31-16-15-25(24(31)33,20-7-3-1-4-8-20)21-9-5-2-6-10-21/h1-14H,15-18H2,(H,30,32). The Morgan fingerprint density at radius 1 is 0.879 bits per heavy atom. The second-order valence-corrected chi connectivity index (χ2v) is 8.09. The Hall–Kier alpha value is -3.61. The Morgan fingerprint density at radius 3 is 1.94 bits per heavy atom. The lowest BCUT2D eigenvalue weighted by Gasteiger charge is -2.29. The summed E-state index contributed by atoms with van der Waals surface area (Å²) in [5.74, 6) is -0.496. The molecule has 7 heteroatoms. The average Bonchev–Trinajstić information content (AvgIpc) is 3.15. The fourth-order valence-electron chi connectivity index (χ4n) is 4.32. The molecule has 0 spiro atoms. The van der Waals surface area contributed by atoms with Gasteiger partial charge in [-0.1, -0.05) is 72.8 Å². The van der Waals surface area contributed by atoms with Crippen molar-refractivity contribution in [1.82, 2.24) is 10.2 Å². The number of nitrogens with one attached hydrogen (secondary N) is 1. The van der Waals surface area contributed by atoms with Gasteiger partial charge in [0.15, 0.2) is 0 Å². The monoisotopic (exact) mass is 452 g/mol. The maximum Gasteiger partial charge on any atom is 0.416 e. The van der Waals surface area contributed by atoms with E-state index in [-0.39, 0.29) is 24.9 Å². The van der Waals surface area contributed by atoms with E-state index >= 15 is 0 Å². The zero-order valence-electron chi connectivity index (χ0n) is 17.8. The molecule has 1 fully saturated rings. The molecule has 0 aliphatic carbocycles. The molecule has 3 aromatic rings. The van der Waals surface area contributed by atoms with E-state index in [1.165, 1.54) is 12.1 Å². The highest BCUT2D eigenvalue weighted by molar-refractivity contribution is 5.96. The van der Waals surface area contributed by atoms with Gasteiger partial charge in [-0.15, -0.1) is 0 Å². The van der Waals surface area contributed by atoms with Gasteiger partial charge in [0.1, 0.15) is 5.41 Å². The molecule has 33 heavy (non-hydrogen) atoms. The van der Waals surface area contributed by atoms with E-state index in [9.17, 15) is 22.8 Å². The molecule has 2 amide bonds. The second-order valence-electron chi connectivity index (χ2n) is 8.09. The van der Waals surface area contributed by atoms with Gasteiger partial charge in [-0.2, -0.15) is 13.2 Å². The van der Waals surface area contributed by atoms with Crippen LogP contribution in [0.5, 0.6) is 0 Å². The number of rotatable bonds is 6. The van der Waals surface area contributed by atoms with Crippen LogP contribution in [0.3, 0.4) is 0 Å². The van der Waals surface area contributed by atoms with Crippen LogP contribution in [0.1, 0.15) is 28.7 Å². The molecule has 3 aromatic carbocycles. The first-order chi connectivity index (χ1) is 15.8. The van der Waals surface area contributed by atoms with Crippen molar-refractivity contribution in [3.63, 3.8) is 0 Å². The Balaban J connectivity index is 1.45. The lowest BCUT2D eigenvalue weighted by Crippen LogP contribution is -2.43. The van der Waals surface area contributed by atoms with Crippen LogP contribution in [0.25, 0.3) is 0 Å². The van der Waals surface area contributed by atoms with Crippen LogP contribution in [0.2, 0.25) is 0 Å². The molecule has 1 N–H and O–H groups in total. The van der Waals surface area contributed by atoms with Crippen molar-refractivity contribution in [2.45, 2.75) is 24.6 Å².